The van der Waals surface area contributed by atoms with E-state index in [9.17, 15) is 9.18 Å². The first-order valence-corrected chi connectivity index (χ1v) is 8.83. The molecule has 132 valence electrons. The van der Waals surface area contributed by atoms with Crippen molar-refractivity contribution in [2.24, 2.45) is 5.41 Å². The summed E-state index contributed by atoms with van der Waals surface area (Å²) >= 11 is 0. The molecule has 0 atom stereocenters. The summed E-state index contributed by atoms with van der Waals surface area (Å²) in [6.07, 6.45) is 1.78. The summed E-state index contributed by atoms with van der Waals surface area (Å²) in [5, 5.41) is 0. The number of nitrogens with zero attached hydrogens (tertiary/aromatic N) is 1. The molecule has 0 bridgehead atoms. The predicted octanol–water partition coefficient (Wildman–Crippen LogP) is 2.96. The molecule has 1 aromatic carbocycles. The third-order valence-corrected chi connectivity index (χ3v) is 5.14. The van der Waals surface area contributed by atoms with Gasteiger partial charge in [0.1, 0.15) is 12.8 Å². The lowest BCUT2D eigenvalue weighted by Crippen LogP contribution is -2.49. The number of hydrogen-bond acceptors (Lipinski definition) is 4. The van der Waals surface area contributed by atoms with Gasteiger partial charge in [0.05, 0.1) is 5.41 Å². The van der Waals surface area contributed by atoms with Crippen LogP contribution >= 0.6 is 0 Å². The van der Waals surface area contributed by atoms with E-state index in [2.05, 4.69) is 4.90 Å². The van der Waals surface area contributed by atoms with Gasteiger partial charge in [-0.1, -0.05) is 30.3 Å². The van der Waals surface area contributed by atoms with Crippen LogP contribution in [-0.4, -0.2) is 49.9 Å². The minimum atomic E-state index is -0.697. The highest BCUT2D eigenvalue weighted by Crippen LogP contribution is 2.34. The first-order valence-electron chi connectivity index (χ1n) is 8.83. The van der Waals surface area contributed by atoms with Crippen LogP contribution in [0.4, 0.5) is 4.39 Å². The summed E-state index contributed by atoms with van der Waals surface area (Å²) in [6, 6.07) is 9.73. The molecule has 0 radical (unpaired) electrons. The van der Waals surface area contributed by atoms with Gasteiger partial charge in [-0.25, -0.2) is 4.39 Å². The fourth-order valence-electron chi connectivity index (χ4n) is 3.55. The maximum absolute atomic E-state index is 13.4. The lowest BCUT2D eigenvalue weighted by atomic mass is 9.79. The number of halogens is 1. The molecule has 0 amide bonds. The van der Waals surface area contributed by atoms with Crippen LogP contribution < -0.4 is 0 Å². The molecule has 0 saturated carbocycles. The van der Waals surface area contributed by atoms with E-state index in [-0.39, 0.29) is 5.97 Å². The van der Waals surface area contributed by atoms with E-state index in [1.807, 2.05) is 30.3 Å². The van der Waals surface area contributed by atoms with Crippen LogP contribution in [0.5, 0.6) is 0 Å². The molecule has 2 heterocycles. The lowest BCUT2D eigenvalue weighted by Gasteiger charge is -2.40. The molecular weight excluding hydrogens is 309 g/mol. The zero-order valence-electron chi connectivity index (χ0n) is 14.1. The largest absolute Gasteiger partial charge is 0.460 e. The molecule has 0 aromatic heterocycles. The fraction of sp³-hybridized carbons (Fsp3) is 0.632. The van der Waals surface area contributed by atoms with E-state index in [4.69, 9.17) is 9.47 Å². The summed E-state index contributed by atoms with van der Waals surface area (Å²) in [6.45, 7) is 3.55. The summed E-state index contributed by atoms with van der Waals surface area (Å²) in [4.78, 5) is 15.1. The Kier molecular flexibility index (Phi) is 5.85. The highest BCUT2D eigenvalue weighted by molar-refractivity contribution is 5.77. The SMILES string of the molecule is O=C(OCc1ccccc1)C1(CN2CCC(F)CC2)CCOCC1. The second kappa shape index (κ2) is 8.08. The first kappa shape index (κ1) is 17.4. The van der Waals surface area contributed by atoms with E-state index in [0.29, 0.717) is 52.0 Å². The number of benzene rings is 1. The summed E-state index contributed by atoms with van der Waals surface area (Å²) in [7, 11) is 0. The summed E-state index contributed by atoms with van der Waals surface area (Å²) < 4.78 is 24.5. The Bertz CT molecular complexity index is 523. The van der Waals surface area contributed by atoms with Crippen molar-refractivity contribution in [1.82, 2.24) is 4.90 Å². The molecule has 4 nitrogen and oxygen atoms in total. The predicted molar refractivity (Wildman–Crippen MR) is 89.3 cm³/mol. The van der Waals surface area contributed by atoms with E-state index in [0.717, 1.165) is 18.7 Å². The number of ether oxygens (including phenoxy) is 2. The molecule has 5 heteroatoms. The van der Waals surface area contributed by atoms with E-state index >= 15 is 0 Å². The molecule has 2 saturated heterocycles. The maximum atomic E-state index is 13.4. The van der Waals surface area contributed by atoms with Gasteiger partial charge in [0.25, 0.3) is 0 Å². The maximum Gasteiger partial charge on any atom is 0.313 e. The van der Waals surface area contributed by atoms with Gasteiger partial charge in [0, 0.05) is 32.8 Å². The van der Waals surface area contributed by atoms with Gasteiger partial charge in [0.15, 0.2) is 0 Å². The van der Waals surface area contributed by atoms with Gasteiger partial charge in [-0.3, -0.25) is 4.79 Å². The number of carbonyl (C=O) groups is 1. The molecular formula is C19H26FNO3. The molecule has 0 spiro atoms. The van der Waals surface area contributed by atoms with Crippen LogP contribution in [0.3, 0.4) is 0 Å². The average molecular weight is 335 g/mol. The van der Waals surface area contributed by atoms with Gasteiger partial charge in [0.2, 0.25) is 0 Å². The number of esters is 1. The number of likely N-dealkylation sites (tertiary alicyclic amines) is 1. The van der Waals surface area contributed by atoms with Gasteiger partial charge in [-0.15, -0.1) is 0 Å². The van der Waals surface area contributed by atoms with Crippen molar-refractivity contribution >= 4 is 5.97 Å². The topological polar surface area (TPSA) is 38.8 Å². The molecule has 1 aromatic rings. The van der Waals surface area contributed by atoms with Crippen molar-refractivity contribution in [2.45, 2.75) is 38.5 Å². The highest BCUT2D eigenvalue weighted by atomic mass is 19.1. The Morgan fingerprint density at radius 1 is 1.21 bits per heavy atom. The van der Waals surface area contributed by atoms with Crippen LogP contribution in [0.25, 0.3) is 0 Å². The van der Waals surface area contributed by atoms with Crippen LogP contribution in [0.1, 0.15) is 31.2 Å². The fourth-order valence-corrected chi connectivity index (χ4v) is 3.55. The van der Waals surface area contributed by atoms with Crippen LogP contribution in [0, 0.1) is 5.41 Å². The molecule has 2 fully saturated rings. The quantitative estimate of drug-likeness (QED) is 0.776. The first-order chi connectivity index (χ1) is 11.7. The Hall–Kier alpha value is -1.46. The number of rotatable bonds is 5. The molecule has 2 aliphatic heterocycles. The van der Waals surface area contributed by atoms with Gasteiger partial charge in [-0.2, -0.15) is 0 Å². The second-order valence-corrected chi connectivity index (χ2v) is 6.91. The zero-order valence-corrected chi connectivity index (χ0v) is 14.1. The van der Waals surface area contributed by atoms with E-state index < -0.39 is 11.6 Å². The Balaban J connectivity index is 1.62. The van der Waals surface area contributed by atoms with Crippen molar-refractivity contribution in [3.05, 3.63) is 35.9 Å². The third kappa shape index (κ3) is 4.33. The van der Waals surface area contributed by atoms with Gasteiger partial charge >= 0.3 is 5.97 Å². The summed E-state index contributed by atoms with van der Waals surface area (Å²) in [5.41, 5.74) is 0.474. The van der Waals surface area contributed by atoms with E-state index in [1.54, 1.807) is 0 Å². The van der Waals surface area contributed by atoms with Crippen molar-refractivity contribution in [3.8, 4) is 0 Å². The van der Waals surface area contributed by atoms with Gasteiger partial charge in [-0.05, 0) is 31.2 Å². The summed E-state index contributed by atoms with van der Waals surface area (Å²) in [5.74, 6) is -0.142. The van der Waals surface area contributed by atoms with E-state index in [1.165, 1.54) is 0 Å². The zero-order chi connectivity index (χ0) is 16.8. The van der Waals surface area contributed by atoms with Crippen molar-refractivity contribution in [2.75, 3.05) is 32.8 Å². The number of hydrogen-bond donors (Lipinski definition) is 0. The standard InChI is InChI=1S/C19H26FNO3/c20-17-6-10-21(11-7-17)15-19(8-12-23-13-9-19)18(22)24-14-16-4-2-1-3-5-16/h1-5,17H,6-15H2. The van der Waals surface area contributed by atoms with Crippen molar-refractivity contribution in [3.63, 3.8) is 0 Å². The third-order valence-electron chi connectivity index (χ3n) is 5.14. The second-order valence-electron chi connectivity index (χ2n) is 6.91. The molecule has 2 aliphatic rings. The molecule has 0 aliphatic carbocycles. The number of alkyl halides is 1. The minimum Gasteiger partial charge on any atom is -0.460 e. The van der Waals surface area contributed by atoms with Gasteiger partial charge < -0.3 is 14.4 Å². The lowest BCUT2D eigenvalue weighted by molar-refractivity contribution is -0.165. The molecule has 24 heavy (non-hydrogen) atoms. The van der Waals surface area contributed by atoms with Crippen molar-refractivity contribution in [1.29, 1.82) is 0 Å². The molecule has 3 rings (SSSR count). The Morgan fingerprint density at radius 3 is 2.54 bits per heavy atom. The highest BCUT2D eigenvalue weighted by Gasteiger charge is 2.43. The van der Waals surface area contributed by atoms with Crippen molar-refractivity contribution < 1.29 is 18.7 Å². The smallest absolute Gasteiger partial charge is 0.313 e. The average Bonchev–Trinajstić information content (AvgIpc) is 2.63. The van der Waals surface area contributed by atoms with Crippen LogP contribution in [-0.2, 0) is 20.9 Å². The minimum absolute atomic E-state index is 0.142. The Labute approximate surface area is 142 Å². The number of carbonyl (C=O) groups excluding carboxylic acids is 1. The monoisotopic (exact) mass is 335 g/mol. The van der Waals surface area contributed by atoms with Crippen LogP contribution in [0.15, 0.2) is 30.3 Å². The number of piperidine rings is 1. The van der Waals surface area contributed by atoms with Crippen LogP contribution in [0.2, 0.25) is 0 Å². The molecule has 0 N–H and O–H groups in total. The molecule has 0 unspecified atom stereocenters. The Morgan fingerprint density at radius 2 is 1.88 bits per heavy atom. The normalized spacial score (nSPS) is 22.2.